The fraction of sp³-hybridized carbons (Fsp3) is 0.619. The van der Waals surface area contributed by atoms with Gasteiger partial charge in [0.2, 0.25) is 0 Å². The smallest absolute Gasteiger partial charge is 0.306 e. The summed E-state index contributed by atoms with van der Waals surface area (Å²) in [5.41, 5.74) is 2.89. The van der Waals surface area contributed by atoms with E-state index in [-0.39, 0.29) is 24.2 Å². The molecule has 0 aromatic heterocycles. The maximum atomic E-state index is 11.9. The first kappa shape index (κ1) is 17.5. The van der Waals surface area contributed by atoms with Crippen molar-refractivity contribution in [3.8, 4) is 0 Å². The highest BCUT2D eigenvalue weighted by Crippen LogP contribution is 2.56. The molecule has 140 valence electrons. The molecule has 26 heavy (non-hydrogen) atoms. The van der Waals surface area contributed by atoms with Gasteiger partial charge in [-0.2, -0.15) is 0 Å². The lowest BCUT2D eigenvalue weighted by Gasteiger charge is -2.58. The molecule has 2 aliphatic carbocycles. The average molecular weight is 357 g/mol. The Morgan fingerprint density at radius 2 is 2.04 bits per heavy atom. The van der Waals surface area contributed by atoms with Crippen molar-refractivity contribution < 1.29 is 19.8 Å². The molecular formula is C21H27NO4. The van der Waals surface area contributed by atoms with Crippen molar-refractivity contribution >= 4 is 11.9 Å². The Morgan fingerprint density at radius 1 is 1.23 bits per heavy atom. The molecule has 1 aromatic rings. The molecule has 5 nitrogen and oxygen atoms in total. The lowest BCUT2D eigenvalue weighted by Crippen LogP contribution is -2.61. The molecular weight excluding hydrogens is 330 g/mol. The van der Waals surface area contributed by atoms with Crippen LogP contribution in [0.2, 0.25) is 0 Å². The number of carboxylic acids is 2. The summed E-state index contributed by atoms with van der Waals surface area (Å²) >= 11 is 0. The molecule has 1 heterocycles. The number of nitrogens with one attached hydrogen (secondary N) is 1. The van der Waals surface area contributed by atoms with Crippen LogP contribution in [0.3, 0.4) is 0 Å². The average Bonchev–Trinajstić information content (AvgIpc) is 2.61. The van der Waals surface area contributed by atoms with E-state index in [0.717, 1.165) is 38.6 Å². The Balaban J connectivity index is 1.66. The van der Waals surface area contributed by atoms with E-state index in [0.29, 0.717) is 12.0 Å². The summed E-state index contributed by atoms with van der Waals surface area (Å²) in [6.07, 6.45) is 5.09. The van der Waals surface area contributed by atoms with E-state index >= 15 is 0 Å². The number of carbonyl (C=O) groups is 2. The zero-order valence-corrected chi connectivity index (χ0v) is 15.0. The number of fused-ring (bicyclic) bond motifs is 1. The summed E-state index contributed by atoms with van der Waals surface area (Å²) in [5, 5.41) is 22.4. The van der Waals surface area contributed by atoms with E-state index in [1.165, 1.54) is 11.1 Å². The van der Waals surface area contributed by atoms with E-state index < -0.39 is 17.9 Å². The van der Waals surface area contributed by atoms with Gasteiger partial charge in [-0.1, -0.05) is 24.3 Å². The zero-order chi connectivity index (χ0) is 18.3. The molecule has 1 saturated heterocycles. The molecule has 4 rings (SSSR count). The second-order valence-corrected chi connectivity index (χ2v) is 8.35. The molecule has 3 N–H and O–H groups in total. The maximum absolute atomic E-state index is 11.9. The van der Waals surface area contributed by atoms with Crippen molar-refractivity contribution in [2.75, 3.05) is 6.54 Å². The van der Waals surface area contributed by atoms with Crippen LogP contribution in [0.5, 0.6) is 0 Å². The van der Waals surface area contributed by atoms with Gasteiger partial charge in [-0.15, -0.1) is 0 Å². The summed E-state index contributed by atoms with van der Waals surface area (Å²) in [6, 6.07) is 9.16. The minimum Gasteiger partial charge on any atom is -0.481 e. The predicted molar refractivity (Wildman–Crippen MR) is 97.1 cm³/mol. The summed E-state index contributed by atoms with van der Waals surface area (Å²) in [7, 11) is 0. The minimum absolute atomic E-state index is 0.0601. The molecule has 5 atom stereocenters. The van der Waals surface area contributed by atoms with E-state index in [1.807, 2.05) is 0 Å². The number of aliphatic carboxylic acids is 2. The van der Waals surface area contributed by atoms with Crippen LogP contribution >= 0.6 is 0 Å². The highest BCUT2D eigenvalue weighted by molar-refractivity contribution is 5.72. The van der Waals surface area contributed by atoms with Gasteiger partial charge in [0, 0.05) is 17.9 Å². The molecule has 1 aliphatic heterocycles. The lowest BCUT2D eigenvalue weighted by molar-refractivity contribution is -0.146. The van der Waals surface area contributed by atoms with Crippen molar-refractivity contribution in [1.29, 1.82) is 0 Å². The van der Waals surface area contributed by atoms with Crippen LogP contribution in [-0.4, -0.2) is 34.7 Å². The molecule has 1 saturated carbocycles. The Kier molecular flexibility index (Phi) is 4.51. The normalized spacial score (nSPS) is 33.6. The van der Waals surface area contributed by atoms with Gasteiger partial charge >= 0.3 is 11.9 Å². The van der Waals surface area contributed by atoms with Crippen LogP contribution in [0.1, 0.15) is 49.7 Å². The topological polar surface area (TPSA) is 86.6 Å². The summed E-state index contributed by atoms with van der Waals surface area (Å²) in [6.45, 7) is 0.981. The van der Waals surface area contributed by atoms with Gasteiger partial charge in [0.15, 0.2) is 0 Å². The van der Waals surface area contributed by atoms with Gasteiger partial charge in [-0.25, -0.2) is 0 Å². The summed E-state index contributed by atoms with van der Waals surface area (Å²) in [5.74, 6) is -1.66. The van der Waals surface area contributed by atoms with Gasteiger partial charge in [0.1, 0.15) is 0 Å². The van der Waals surface area contributed by atoms with Crippen molar-refractivity contribution in [2.45, 2.75) is 56.4 Å². The van der Waals surface area contributed by atoms with E-state index in [4.69, 9.17) is 5.11 Å². The first-order chi connectivity index (χ1) is 12.5. The van der Waals surface area contributed by atoms with Gasteiger partial charge in [0.25, 0.3) is 0 Å². The Hall–Kier alpha value is -1.88. The van der Waals surface area contributed by atoms with Crippen LogP contribution in [0.4, 0.5) is 0 Å². The van der Waals surface area contributed by atoms with Crippen LogP contribution in [0.15, 0.2) is 24.3 Å². The van der Waals surface area contributed by atoms with E-state index in [1.54, 1.807) is 0 Å². The fourth-order valence-corrected chi connectivity index (χ4v) is 6.15. The van der Waals surface area contributed by atoms with E-state index in [2.05, 4.69) is 29.6 Å². The highest BCUT2D eigenvalue weighted by Gasteiger charge is 2.54. The monoisotopic (exact) mass is 357 g/mol. The van der Waals surface area contributed by atoms with Crippen molar-refractivity contribution in [1.82, 2.24) is 5.32 Å². The molecule has 5 heteroatoms. The first-order valence-corrected chi connectivity index (χ1v) is 9.77. The first-order valence-electron chi connectivity index (χ1n) is 9.77. The zero-order valence-electron chi connectivity index (χ0n) is 15.0. The van der Waals surface area contributed by atoms with Crippen molar-refractivity contribution in [3.63, 3.8) is 0 Å². The number of hydrogen-bond donors (Lipinski definition) is 3. The van der Waals surface area contributed by atoms with Crippen molar-refractivity contribution in [2.24, 2.45) is 17.8 Å². The summed E-state index contributed by atoms with van der Waals surface area (Å²) < 4.78 is 0. The van der Waals surface area contributed by atoms with E-state index in [9.17, 15) is 14.7 Å². The highest BCUT2D eigenvalue weighted by atomic mass is 16.4. The van der Waals surface area contributed by atoms with Crippen LogP contribution in [0, 0.1) is 17.8 Å². The molecule has 2 fully saturated rings. The predicted octanol–water partition coefficient (Wildman–Crippen LogP) is 2.82. The molecule has 0 spiro atoms. The second-order valence-electron chi connectivity index (χ2n) is 8.35. The fourth-order valence-electron chi connectivity index (χ4n) is 6.15. The van der Waals surface area contributed by atoms with Gasteiger partial charge < -0.3 is 15.5 Å². The number of carboxylic acid groups (broad SMARTS) is 2. The maximum Gasteiger partial charge on any atom is 0.306 e. The number of hydrogen-bond acceptors (Lipinski definition) is 3. The third-order valence-corrected chi connectivity index (χ3v) is 7.20. The second kappa shape index (κ2) is 6.69. The van der Waals surface area contributed by atoms with Crippen molar-refractivity contribution in [3.05, 3.63) is 35.4 Å². The standard InChI is InChI=1S/C21H27NO4/c23-19(24)8-6-15(20(25)26)14-5-7-17-18-11-13-3-1-2-4-16(13)21(17,12-14)9-10-22-18/h1-4,14-15,17-18,22H,5-12H2,(H,23,24)(H,25,26)/t14?,15?,17-,18+,21+/m0/s1. The van der Waals surface area contributed by atoms with Gasteiger partial charge in [-0.3, -0.25) is 9.59 Å². The molecule has 0 amide bonds. The molecule has 2 unspecified atom stereocenters. The quantitative estimate of drug-likeness (QED) is 0.754. The number of benzene rings is 1. The number of rotatable bonds is 5. The number of piperidine rings is 1. The Bertz CT molecular complexity index is 718. The van der Waals surface area contributed by atoms with Gasteiger partial charge in [0.05, 0.1) is 5.92 Å². The van der Waals surface area contributed by atoms with Crippen LogP contribution in [-0.2, 0) is 21.4 Å². The Labute approximate surface area is 153 Å². The third kappa shape index (κ3) is 2.82. The minimum atomic E-state index is -0.909. The SMILES string of the molecule is O=C(O)CCC(C(=O)O)C1CC[C@H]2[C@H]3Cc4ccccc4[C@@]2(CCN3)C1. The lowest BCUT2D eigenvalue weighted by atomic mass is 9.50. The van der Waals surface area contributed by atoms with Crippen LogP contribution < -0.4 is 5.32 Å². The third-order valence-electron chi connectivity index (χ3n) is 7.20. The molecule has 3 aliphatic rings. The molecule has 0 radical (unpaired) electrons. The van der Waals surface area contributed by atoms with Gasteiger partial charge in [-0.05, 0) is 68.0 Å². The molecule has 1 aromatic carbocycles. The largest absolute Gasteiger partial charge is 0.481 e. The Morgan fingerprint density at radius 3 is 2.81 bits per heavy atom. The summed E-state index contributed by atoms with van der Waals surface area (Å²) in [4.78, 5) is 22.9. The molecule has 2 bridgehead atoms. The van der Waals surface area contributed by atoms with Crippen LogP contribution in [0.25, 0.3) is 0 Å².